The van der Waals surface area contributed by atoms with Crippen LogP contribution in [0, 0.1) is 5.92 Å². The van der Waals surface area contributed by atoms with Crippen LogP contribution in [0.15, 0.2) is 24.3 Å². The summed E-state index contributed by atoms with van der Waals surface area (Å²) in [5.41, 5.74) is -0.202. The minimum Gasteiger partial charge on any atom is -0.353 e. The van der Waals surface area contributed by atoms with Crippen LogP contribution < -0.4 is 10.2 Å². The van der Waals surface area contributed by atoms with Gasteiger partial charge < -0.3 is 15.0 Å². The summed E-state index contributed by atoms with van der Waals surface area (Å²) in [6.07, 6.45) is 3.48. The minimum atomic E-state index is -0.694. The second-order valence-electron chi connectivity index (χ2n) is 8.39. The van der Waals surface area contributed by atoms with Gasteiger partial charge in [-0.25, -0.2) is 0 Å². The number of carbonyl (C=O) groups is 2. The fourth-order valence-corrected chi connectivity index (χ4v) is 4.28. The average Bonchev–Trinajstić information content (AvgIpc) is 3.02. The molecule has 0 bridgehead atoms. The molecule has 1 heterocycles. The van der Waals surface area contributed by atoms with Crippen molar-refractivity contribution in [1.82, 2.24) is 10.2 Å². The largest absolute Gasteiger partial charge is 0.353 e. The highest BCUT2D eigenvalue weighted by atomic mass is 35.5. The third kappa shape index (κ3) is 4.50. The lowest BCUT2D eigenvalue weighted by atomic mass is 9.83. The highest BCUT2D eigenvalue weighted by Crippen LogP contribution is 2.43. The van der Waals surface area contributed by atoms with Gasteiger partial charge in [-0.1, -0.05) is 24.6 Å². The second-order valence-corrected chi connectivity index (χ2v) is 8.83. The Labute approximate surface area is 172 Å². The van der Waals surface area contributed by atoms with E-state index in [2.05, 4.69) is 12.2 Å². The van der Waals surface area contributed by atoms with Gasteiger partial charge in [-0.2, -0.15) is 0 Å². The summed E-state index contributed by atoms with van der Waals surface area (Å²) in [6.45, 7) is 3.85. The lowest BCUT2D eigenvalue weighted by Gasteiger charge is -2.43. The molecule has 7 heteroatoms. The third-order valence-corrected chi connectivity index (χ3v) is 6.07. The predicted octanol–water partition coefficient (Wildman–Crippen LogP) is 1.35. The van der Waals surface area contributed by atoms with Crippen molar-refractivity contribution >= 4 is 23.4 Å². The average molecular weight is 409 g/mol. The van der Waals surface area contributed by atoms with E-state index in [-0.39, 0.29) is 18.4 Å². The standard InChI is InChI=1S/C21H30ClN3O3/c1-15-7-9-21(10-8-15)25(20(27)16-5-4-6-17(22)13-16)18(14-28-21)19(26)23-11-12-24(2)3/h4-6,13,15,18H,7-12,14H2,1-3H3,(H,23,26)/p+1/t15?,18-,21?/m0/s1. The molecule has 2 amide bonds. The van der Waals surface area contributed by atoms with Crippen LogP contribution in [0.3, 0.4) is 0 Å². The normalized spacial score (nSPS) is 27.4. The Kier molecular flexibility index (Phi) is 6.63. The second kappa shape index (κ2) is 8.80. The van der Waals surface area contributed by atoms with E-state index in [9.17, 15) is 9.59 Å². The fourth-order valence-electron chi connectivity index (χ4n) is 4.09. The van der Waals surface area contributed by atoms with Gasteiger partial charge in [-0.15, -0.1) is 0 Å². The van der Waals surface area contributed by atoms with Gasteiger partial charge in [0.1, 0.15) is 11.8 Å². The van der Waals surface area contributed by atoms with Crippen molar-refractivity contribution in [1.29, 1.82) is 0 Å². The van der Waals surface area contributed by atoms with Gasteiger partial charge in [0.2, 0.25) is 5.91 Å². The van der Waals surface area contributed by atoms with Crippen LogP contribution in [0.5, 0.6) is 0 Å². The first-order valence-corrected chi connectivity index (χ1v) is 10.5. The third-order valence-electron chi connectivity index (χ3n) is 5.83. The molecule has 6 nitrogen and oxygen atoms in total. The van der Waals surface area contributed by atoms with E-state index in [0.29, 0.717) is 23.0 Å². The minimum absolute atomic E-state index is 0.146. The summed E-state index contributed by atoms with van der Waals surface area (Å²) >= 11 is 6.11. The zero-order valence-corrected chi connectivity index (χ0v) is 17.7. The van der Waals surface area contributed by atoms with Crippen LogP contribution in [-0.2, 0) is 9.53 Å². The monoisotopic (exact) mass is 408 g/mol. The molecule has 0 aromatic heterocycles. The molecule has 2 fully saturated rings. The maximum Gasteiger partial charge on any atom is 0.256 e. The van der Waals surface area contributed by atoms with Crippen LogP contribution in [-0.4, -0.2) is 62.3 Å². The number of likely N-dealkylation sites (N-methyl/N-ethyl adjacent to an activating group) is 1. The van der Waals surface area contributed by atoms with Crippen molar-refractivity contribution in [3.05, 3.63) is 34.9 Å². The summed E-state index contributed by atoms with van der Waals surface area (Å²) in [5.74, 6) is 0.272. The molecule has 2 aliphatic rings. The molecule has 1 atom stereocenters. The number of nitrogens with zero attached hydrogens (tertiary/aromatic N) is 1. The first kappa shape index (κ1) is 21.1. The van der Waals surface area contributed by atoms with E-state index < -0.39 is 11.8 Å². The van der Waals surface area contributed by atoms with Crippen LogP contribution in [0.1, 0.15) is 43.0 Å². The lowest BCUT2D eigenvalue weighted by molar-refractivity contribution is -0.856. The molecule has 1 aromatic carbocycles. The molecule has 154 valence electrons. The highest BCUT2D eigenvalue weighted by Gasteiger charge is 2.53. The van der Waals surface area contributed by atoms with E-state index in [0.717, 1.165) is 32.2 Å². The van der Waals surface area contributed by atoms with Gasteiger partial charge in [0.05, 0.1) is 33.8 Å². The van der Waals surface area contributed by atoms with Crippen LogP contribution in [0.2, 0.25) is 5.02 Å². The molecule has 28 heavy (non-hydrogen) atoms. The molecule has 2 N–H and O–H groups in total. The molecule has 1 saturated heterocycles. The Hall–Kier alpha value is -1.63. The number of amides is 2. The van der Waals surface area contributed by atoms with Crippen LogP contribution in [0.4, 0.5) is 0 Å². The number of quaternary nitrogens is 1. The maximum absolute atomic E-state index is 13.5. The molecular weight excluding hydrogens is 378 g/mol. The summed E-state index contributed by atoms with van der Waals surface area (Å²) < 4.78 is 6.18. The van der Waals surface area contributed by atoms with Gasteiger partial charge in [0, 0.05) is 10.6 Å². The first-order valence-electron chi connectivity index (χ1n) is 10.1. The Balaban J connectivity index is 1.85. The Morgan fingerprint density at radius 2 is 2.04 bits per heavy atom. The van der Waals surface area contributed by atoms with Gasteiger partial charge in [0.15, 0.2) is 0 Å². The molecule has 0 radical (unpaired) electrons. The summed E-state index contributed by atoms with van der Waals surface area (Å²) in [7, 11) is 4.08. The number of halogens is 1. The zero-order chi connectivity index (χ0) is 20.3. The van der Waals surface area contributed by atoms with Crippen molar-refractivity contribution in [3.63, 3.8) is 0 Å². The molecular formula is C21H31ClN3O3+. The van der Waals surface area contributed by atoms with Crippen molar-refractivity contribution < 1.29 is 19.2 Å². The number of hydrogen-bond acceptors (Lipinski definition) is 3. The van der Waals surface area contributed by atoms with Gasteiger partial charge in [-0.3, -0.25) is 14.5 Å². The van der Waals surface area contributed by atoms with Crippen molar-refractivity contribution in [2.75, 3.05) is 33.8 Å². The van der Waals surface area contributed by atoms with E-state index in [1.807, 2.05) is 14.1 Å². The number of carbonyl (C=O) groups excluding carboxylic acids is 2. The molecule has 1 saturated carbocycles. The Morgan fingerprint density at radius 3 is 2.68 bits per heavy atom. The highest BCUT2D eigenvalue weighted by molar-refractivity contribution is 6.31. The molecule has 1 aromatic rings. The van der Waals surface area contributed by atoms with E-state index in [4.69, 9.17) is 16.3 Å². The molecule has 1 aliphatic carbocycles. The number of benzene rings is 1. The lowest BCUT2D eigenvalue weighted by Crippen LogP contribution is -3.06. The van der Waals surface area contributed by atoms with Crippen LogP contribution in [0.25, 0.3) is 0 Å². The summed E-state index contributed by atoms with van der Waals surface area (Å²) in [5, 5.41) is 3.48. The van der Waals surface area contributed by atoms with E-state index in [1.54, 1.807) is 29.2 Å². The van der Waals surface area contributed by atoms with Crippen molar-refractivity contribution in [2.45, 2.75) is 44.4 Å². The molecule has 1 aliphatic heterocycles. The Bertz CT molecular complexity index is 717. The van der Waals surface area contributed by atoms with Gasteiger partial charge in [-0.05, 0) is 49.8 Å². The summed E-state index contributed by atoms with van der Waals surface area (Å²) in [4.78, 5) is 29.3. The number of hydrogen-bond donors (Lipinski definition) is 2. The fraction of sp³-hybridized carbons (Fsp3) is 0.619. The number of rotatable bonds is 5. The molecule has 0 unspecified atom stereocenters. The van der Waals surface area contributed by atoms with Crippen molar-refractivity contribution in [2.24, 2.45) is 5.92 Å². The quantitative estimate of drug-likeness (QED) is 0.773. The molecule has 1 spiro atoms. The summed E-state index contributed by atoms with van der Waals surface area (Å²) in [6, 6.07) is 6.29. The number of ether oxygens (including phenoxy) is 1. The van der Waals surface area contributed by atoms with Crippen LogP contribution >= 0.6 is 11.6 Å². The van der Waals surface area contributed by atoms with E-state index in [1.165, 1.54) is 4.90 Å². The number of nitrogens with one attached hydrogen (secondary N) is 2. The first-order chi connectivity index (χ1) is 13.3. The van der Waals surface area contributed by atoms with Gasteiger partial charge in [0.25, 0.3) is 5.91 Å². The van der Waals surface area contributed by atoms with E-state index >= 15 is 0 Å². The predicted molar refractivity (Wildman–Crippen MR) is 108 cm³/mol. The topological polar surface area (TPSA) is 63.1 Å². The zero-order valence-electron chi connectivity index (χ0n) is 17.0. The smallest absolute Gasteiger partial charge is 0.256 e. The van der Waals surface area contributed by atoms with Crippen molar-refractivity contribution in [3.8, 4) is 0 Å². The Morgan fingerprint density at radius 1 is 1.32 bits per heavy atom. The maximum atomic E-state index is 13.5. The SMILES string of the molecule is CC1CCC2(CC1)OC[C@@H](C(=O)NCC[NH+](C)C)N2C(=O)c1cccc(Cl)c1. The van der Waals surface area contributed by atoms with Gasteiger partial charge >= 0.3 is 0 Å². The molecule has 3 rings (SSSR count).